The summed E-state index contributed by atoms with van der Waals surface area (Å²) < 4.78 is 0. The Morgan fingerprint density at radius 2 is 1.89 bits per heavy atom. The number of aromatic amines is 1. The SMILES string of the molecule is Nc1[nH+]c(C(c2ccccc2)C2CCCC2)cs1. The number of nitrogens with two attached hydrogens (primary N) is 1. The molecule has 0 aliphatic heterocycles. The number of thiazole rings is 1. The van der Waals surface area contributed by atoms with Crippen molar-refractivity contribution in [2.75, 3.05) is 5.73 Å². The molecule has 18 heavy (non-hydrogen) atoms. The summed E-state index contributed by atoms with van der Waals surface area (Å²) in [6.45, 7) is 0. The van der Waals surface area contributed by atoms with Crippen LogP contribution < -0.4 is 10.7 Å². The van der Waals surface area contributed by atoms with Gasteiger partial charge >= 0.3 is 5.13 Å². The molecule has 1 atom stereocenters. The Labute approximate surface area is 112 Å². The Morgan fingerprint density at radius 3 is 2.50 bits per heavy atom. The van der Waals surface area contributed by atoms with E-state index in [1.807, 2.05) is 0 Å². The van der Waals surface area contributed by atoms with Gasteiger partial charge in [0, 0.05) is 11.3 Å². The third-order valence-electron chi connectivity index (χ3n) is 3.95. The van der Waals surface area contributed by atoms with E-state index in [4.69, 9.17) is 5.73 Å². The van der Waals surface area contributed by atoms with Crippen LogP contribution in [0.1, 0.15) is 42.9 Å². The summed E-state index contributed by atoms with van der Waals surface area (Å²) in [4.78, 5) is 3.35. The molecule has 3 rings (SSSR count). The molecule has 1 aliphatic carbocycles. The molecule has 0 saturated heterocycles. The van der Waals surface area contributed by atoms with Gasteiger partial charge in [-0.25, -0.2) is 4.98 Å². The lowest BCUT2D eigenvalue weighted by molar-refractivity contribution is -0.369. The van der Waals surface area contributed by atoms with Gasteiger partial charge in [0.25, 0.3) is 0 Å². The fraction of sp³-hybridized carbons (Fsp3) is 0.400. The predicted octanol–water partition coefficient (Wildman–Crippen LogP) is 3.47. The van der Waals surface area contributed by atoms with Crippen LogP contribution in [0.15, 0.2) is 35.7 Å². The molecule has 0 spiro atoms. The molecule has 3 heteroatoms. The maximum Gasteiger partial charge on any atom is 0.329 e. The second-order valence-corrected chi connectivity index (χ2v) is 6.02. The third-order valence-corrected chi connectivity index (χ3v) is 4.67. The van der Waals surface area contributed by atoms with Crippen LogP contribution in [0.4, 0.5) is 5.13 Å². The van der Waals surface area contributed by atoms with Gasteiger partial charge < -0.3 is 0 Å². The molecule has 1 aliphatic rings. The zero-order valence-electron chi connectivity index (χ0n) is 10.4. The second-order valence-electron chi connectivity index (χ2n) is 5.11. The van der Waals surface area contributed by atoms with Gasteiger partial charge in [-0.05, 0) is 24.3 Å². The maximum absolute atomic E-state index is 5.86. The highest BCUT2D eigenvalue weighted by molar-refractivity contribution is 7.13. The number of anilines is 1. The molecule has 1 aromatic heterocycles. The van der Waals surface area contributed by atoms with Crippen LogP contribution in [0.5, 0.6) is 0 Å². The molecule has 2 nitrogen and oxygen atoms in total. The lowest BCUT2D eigenvalue weighted by Crippen LogP contribution is -2.20. The van der Waals surface area contributed by atoms with Crippen molar-refractivity contribution >= 4 is 16.5 Å². The Bertz CT molecular complexity index is 500. The van der Waals surface area contributed by atoms with Gasteiger partial charge in [0.15, 0.2) is 0 Å². The summed E-state index contributed by atoms with van der Waals surface area (Å²) in [5, 5.41) is 3.00. The first kappa shape index (κ1) is 11.7. The number of nitrogen functional groups attached to an aromatic ring is 1. The van der Waals surface area contributed by atoms with Crippen molar-refractivity contribution in [3.8, 4) is 0 Å². The predicted molar refractivity (Wildman–Crippen MR) is 75.5 cm³/mol. The van der Waals surface area contributed by atoms with Crippen LogP contribution in [0.2, 0.25) is 0 Å². The lowest BCUT2D eigenvalue weighted by Gasteiger charge is -2.20. The average Bonchev–Trinajstić information content (AvgIpc) is 3.04. The fourth-order valence-corrected chi connectivity index (χ4v) is 3.77. The van der Waals surface area contributed by atoms with E-state index in [0.717, 1.165) is 11.0 Å². The number of hydrogen-bond acceptors (Lipinski definition) is 2. The summed E-state index contributed by atoms with van der Waals surface area (Å²) in [5.74, 6) is 1.25. The average molecular weight is 259 g/mol. The van der Waals surface area contributed by atoms with Gasteiger partial charge in [0.05, 0.1) is 0 Å². The van der Waals surface area contributed by atoms with Gasteiger partial charge in [-0.15, -0.1) is 0 Å². The Kier molecular flexibility index (Phi) is 3.33. The number of H-pyrrole nitrogens is 1. The quantitative estimate of drug-likeness (QED) is 0.901. The largest absolute Gasteiger partial charge is 0.329 e. The van der Waals surface area contributed by atoms with E-state index in [-0.39, 0.29) is 0 Å². The molecule has 0 radical (unpaired) electrons. The van der Waals surface area contributed by atoms with E-state index in [9.17, 15) is 0 Å². The minimum atomic E-state index is 0.488. The van der Waals surface area contributed by atoms with Gasteiger partial charge in [-0.2, -0.15) is 0 Å². The highest BCUT2D eigenvalue weighted by atomic mass is 32.1. The molecule has 1 unspecified atom stereocenters. The molecular weight excluding hydrogens is 240 g/mol. The van der Waals surface area contributed by atoms with Crippen LogP contribution in [0.25, 0.3) is 0 Å². The minimum Gasteiger partial charge on any atom is -0.278 e. The Hall–Kier alpha value is -1.35. The number of nitrogens with one attached hydrogen (secondary N) is 1. The topological polar surface area (TPSA) is 40.2 Å². The van der Waals surface area contributed by atoms with Crippen LogP contribution in [0.3, 0.4) is 0 Å². The van der Waals surface area contributed by atoms with Crippen LogP contribution >= 0.6 is 11.3 Å². The molecule has 1 aromatic carbocycles. The summed E-state index contributed by atoms with van der Waals surface area (Å²) in [6.07, 6.45) is 5.41. The zero-order chi connectivity index (χ0) is 12.4. The first-order valence-electron chi connectivity index (χ1n) is 6.66. The molecule has 94 valence electrons. The summed E-state index contributed by atoms with van der Waals surface area (Å²) in [5.41, 5.74) is 8.56. The third kappa shape index (κ3) is 2.27. The van der Waals surface area contributed by atoms with Crippen molar-refractivity contribution in [2.45, 2.75) is 31.6 Å². The minimum absolute atomic E-state index is 0.488. The summed E-state index contributed by atoms with van der Waals surface area (Å²) in [7, 11) is 0. The van der Waals surface area contributed by atoms with E-state index >= 15 is 0 Å². The van der Waals surface area contributed by atoms with Gasteiger partial charge in [-0.1, -0.05) is 54.5 Å². The number of aromatic nitrogens is 1. The number of benzene rings is 1. The van der Waals surface area contributed by atoms with Crippen LogP contribution in [-0.4, -0.2) is 0 Å². The molecule has 0 bridgehead atoms. The summed E-state index contributed by atoms with van der Waals surface area (Å²) in [6, 6.07) is 10.8. The van der Waals surface area contributed by atoms with Crippen LogP contribution in [0, 0.1) is 5.92 Å². The van der Waals surface area contributed by atoms with Crippen molar-refractivity contribution in [2.24, 2.45) is 5.92 Å². The number of rotatable bonds is 3. The standard InChI is InChI=1S/C15H18N2S/c16-15-17-13(10-18-15)14(12-8-4-5-9-12)11-6-2-1-3-7-11/h1-3,6-7,10,12,14H,4-5,8-9H2,(H2,16,17)/p+1. The van der Waals surface area contributed by atoms with Crippen LogP contribution in [-0.2, 0) is 0 Å². The Balaban J connectivity index is 1.98. The van der Waals surface area contributed by atoms with E-state index in [2.05, 4.69) is 40.7 Å². The molecule has 1 heterocycles. The Morgan fingerprint density at radius 1 is 1.17 bits per heavy atom. The van der Waals surface area contributed by atoms with Crippen molar-refractivity contribution in [1.29, 1.82) is 0 Å². The molecule has 1 fully saturated rings. The van der Waals surface area contributed by atoms with Crippen molar-refractivity contribution in [3.63, 3.8) is 0 Å². The van der Waals surface area contributed by atoms with Crippen molar-refractivity contribution in [1.82, 2.24) is 0 Å². The molecule has 3 N–H and O–H groups in total. The first-order chi connectivity index (χ1) is 8.84. The van der Waals surface area contributed by atoms with E-state index in [1.165, 1.54) is 36.9 Å². The zero-order valence-corrected chi connectivity index (χ0v) is 11.2. The highest BCUT2D eigenvalue weighted by Crippen LogP contribution is 2.40. The van der Waals surface area contributed by atoms with Gasteiger partial charge in [-0.3, -0.25) is 5.73 Å². The fourth-order valence-electron chi connectivity index (χ4n) is 3.14. The monoisotopic (exact) mass is 259 g/mol. The van der Waals surface area contributed by atoms with Crippen molar-refractivity contribution in [3.05, 3.63) is 47.0 Å². The molecule has 2 aromatic rings. The van der Waals surface area contributed by atoms with Gasteiger partial charge in [0.2, 0.25) is 0 Å². The molecule has 0 amide bonds. The first-order valence-corrected chi connectivity index (χ1v) is 7.53. The van der Waals surface area contributed by atoms with Crippen molar-refractivity contribution < 1.29 is 4.98 Å². The van der Waals surface area contributed by atoms with E-state index in [0.29, 0.717) is 5.92 Å². The molecule has 1 saturated carbocycles. The summed E-state index contributed by atoms with van der Waals surface area (Å²) >= 11 is 1.61. The maximum atomic E-state index is 5.86. The smallest absolute Gasteiger partial charge is 0.278 e. The second kappa shape index (κ2) is 5.11. The van der Waals surface area contributed by atoms with Gasteiger partial charge in [0.1, 0.15) is 5.69 Å². The number of hydrogen-bond donors (Lipinski definition) is 1. The normalized spacial score (nSPS) is 18.0. The highest BCUT2D eigenvalue weighted by Gasteiger charge is 2.30. The van der Waals surface area contributed by atoms with E-state index in [1.54, 1.807) is 11.3 Å². The lowest BCUT2D eigenvalue weighted by atomic mass is 9.83. The molecular formula is C15H19N2S+. The van der Waals surface area contributed by atoms with E-state index < -0.39 is 0 Å².